The van der Waals surface area contributed by atoms with Gasteiger partial charge in [0.05, 0.1) is 0 Å². The van der Waals surface area contributed by atoms with Gasteiger partial charge in [0.2, 0.25) is 0 Å². The molecule has 0 N–H and O–H groups in total. The maximum Gasteiger partial charge on any atom is -0.00671 e. The standard InChI is InChI=1S/3C21H21P.CClO.Ru.H/c3*1-4-10-19(11-5-1)16-22(17-20-12-6-2-7-13-20)18-21-14-8-3-9-15-21;2-1-3;;/h3*1-15H,16-18H2;;;/q;;;-1;+1;. The zero-order valence-corrected chi connectivity index (χ0v) is 45.1. The fraction of sp³-hybridized carbons (Fsp3) is 0.141. The van der Waals surface area contributed by atoms with E-state index in [1.807, 2.05) is 0 Å². The molecule has 0 fully saturated rings. The first-order valence-electron chi connectivity index (χ1n) is 23.6. The maximum atomic E-state index is 8.45. The van der Waals surface area contributed by atoms with Crippen LogP contribution in [-0.2, 0) is 79.7 Å². The predicted octanol–water partition coefficient (Wildman–Crippen LogP) is 18.2. The molecule has 0 spiro atoms. The van der Waals surface area contributed by atoms with E-state index in [2.05, 4.69) is 285 Å². The van der Waals surface area contributed by atoms with Crippen molar-refractivity contribution in [1.82, 2.24) is 0 Å². The molecule has 1 radical (unpaired) electrons. The Hall–Kier alpha value is -5.15. The van der Waals surface area contributed by atoms with Crippen LogP contribution in [0, 0.1) is 0 Å². The van der Waals surface area contributed by atoms with Crippen LogP contribution in [-0.4, -0.2) is 5.75 Å². The Kier molecular flexibility index (Phi) is 27.3. The van der Waals surface area contributed by atoms with Crippen LogP contribution in [0.3, 0.4) is 0 Å². The Morgan fingerprint density at radius 1 is 0.229 bits per heavy atom. The van der Waals surface area contributed by atoms with E-state index in [-0.39, 0.29) is 43.2 Å². The number of rotatable bonds is 18. The van der Waals surface area contributed by atoms with Gasteiger partial charge >= 0.3 is 19.5 Å². The average Bonchev–Trinajstić information content (AvgIpc) is 3.40. The van der Waals surface area contributed by atoms with Gasteiger partial charge in [0.25, 0.3) is 0 Å². The minimum Gasteiger partial charge on any atom is -0.0932 e. The van der Waals surface area contributed by atoms with Gasteiger partial charge in [-0.15, -0.1) is 0 Å². The number of benzene rings is 9. The summed E-state index contributed by atoms with van der Waals surface area (Å²) in [4.78, 5) is 8.45. The molecule has 0 aromatic heterocycles. The van der Waals surface area contributed by atoms with Crippen LogP contribution in [0.15, 0.2) is 273 Å². The van der Waals surface area contributed by atoms with Crippen molar-refractivity contribution in [2.24, 2.45) is 0 Å². The summed E-state index contributed by atoms with van der Waals surface area (Å²) in [5, 5.41) is 0. The molecule has 6 heteroatoms. The molecule has 0 aliphatic carbocycles. The van der Waals surface area contributed by atoms with E-state index in [9.17, 15) is 0 Å². The Morgan fingerprint density at radius 3 is 0.400 bits per heavy atom. The normalized spacial score (nSPS) is 10.3. The van der Waals surface area contributed by atoms with E-state index in [1.54, 1.807) is 0 Å². The van der Waals surface area contributed by atoms with Gasteiger partial charge in [-0.2, -0.15) is 5.75 Å². The molecule has 356 valence electrons. The van der Waals surface area contributed by atoms with Crippen molar-refractivity contribution in [3.05, 3.63) is 323 Å². The molecule has 70 heavy (non-hydrogen) atoms. The molecule has 9 aromatic carbocycles. The fourth-order valence-corrected chi connectivity index (χ4v) is 15.6. The molecule has 0 aliphatic heterocycles. The van der Waals surface area contributed by atoms with Gasteiger partial charge in [-0.3, -0.25) is 0 Å². The summed E-state index contributed by atoms with van der Waals surface area (Å²) < 4.78 is 0. The van der Waals surface area contributed by atoms with Gasteiger partial charge in [0.15, 0.2) is 0 Å². The smallest absolute Gasteiger partial charge is 0.00671 e. The van der Waals surface area contributed by atoms with E-state index in [1.165, 1.54) is 106 Å². The fourth-order valence-electron chi connectivity index (χ4n) is 8.08. The number of hydrogen-bond acceptors (Lipinski definition) is 1. The third kappa shape index (κ3) is 22.7. The van der Waals surface area contributed by atoms with E-state index in [0.29, 0.717) is 0 Å². The molecule has 0 unspecified atom stereocenters. The van der Waals surface area contributed by atoms with Gasteiger partial charge in [0, 0.05) is 0 Å². The van der Waals surface area contributed by atoms with Gasteiger partial charge in [-0.1, -0.05) is 297 Å². The molecule has 0 saturated heterocycles. The van der Waals surface area contributed by atoms with Gasteiger partial charge in [-0.25, -0.2) is 0 Å². The van der Waals surface area contributed by atoms with Crippen molar-refractivity contribution in [2.75, 3.05) is 0 Å². The minimum atomic E-state index is -0.0895. The number of hydrogen-bond donors (Lipinski definition) is 0. The van der Waals surface area contributed by atoms with Gasteiger partial charge in [-0.05, 0) is 106 Å². The molecule has 0 atom stereocenters. The Labute approximate surface area is 440 Å². The summed E-state index contributed by atoms with van der Waals surface area (Å²) in [6.45, 7) is 0. The molecule has 0 aliphatic rings. The van der Waals surface area contributed by atoms with Crippen molar-refractivity contribution >= 4 is 41.1 Å². The predicted molar refractivity (Wildman–Crippen MR) is 305 cm³/mol. The van der Waals surface area contributed by atoms with Crippen LogP contribution >= 0.6 is 35.4 Å². The summed E-state index contributed by atoms with van der Waals surface area (Å²) >= 11 is 4.19. The van der Waals surface area contributed by atoms with E-state index in [4.69, 9.17) is 4.79 Å². The third-order valence-corrected chi connectivity index (χ3v) is 18.6. The molecular weight excluding hydrogens is 1010 g/mol. The zero-order chi connectivity index (χ0) is 47.8. The SMILES string of the molecule is O=[C-]Cl.[RuH+].c1ccc(CP(Cc2ccccc2)Cc2ccccc2)cc1.c1ccc(CP(Cc2ccccc2)Cc2ccccc2)cc1.c1ccc(CP(Cc2ccccc2)Cc2ccccc2)cc1. The zero-order valence-electron chi connectivity index (χ0n) is 39.9. The second-order valence-electron chi connectivity index (χ2n) is 16.9. The topological polar surface area (TPSA) is 17.1 Å². The number of carbonyl (C=O) groups excluding carboxylic acids is 1. The van der Waals surface area contributed by atoms with Crippen LogP contribution in [0.4, 0.5) is 0 Å². The van der Waals surface area contributed by atoms with Crippen LogP contribution in [0.1, 0.15) is 50.1 Å². The maximum absolute atomic E-state index is 8.45. The van der Waals surface area contributed by atoms with Gasteiger partial charge < -0.3 is 16.4 Å². The minimum absolute atomic E-state index is 0. The Bertz CT molecular complexity index is 2060. The van der Waals surface area contributed by atoms with E-state index < -0.39 is 0 Å². The summed E-state index contributed by atoms with van der Waals surface area (Å²) in [5.41, 5.74) is 13.1. The first-order valence-corrected chi connectivity index (χ1v) is 29.7. The van der Waals surface area contributed by atoms with Crippen LogP contribution < -0.4 is 0 Å². The third-order valence-electron chi connectivity index (χ3n) is 11.2. The largest absolute Gasteiger partial charge is 0.0932 e. The molecule has 0 bridgehead atoms. The Balaban J connectivity index is 0.000000189. The molecule has 9 rings (SSSR count). The van der Waals surface area contributed by atoms with E-state index in [0.717, 1.165) is 5.75 Å². The molecule has 0 heterocycles. The molecule has 0 amide bonds. The number of halogens is 1. The van der Waals surface area contributed by atoms with Crippen molar-refractivity contribution in [3.8, 4) is 0 Å². The first-order chi connectivity index (χ1) is 34.1. The second kappa shape index (κ2) is 34.2. The quantitative estimate of drug-likeness (QED) is 0.0362. The monoisotopic (exact) mass is 1080 g/mol. The summed E-state index contributed by atoms with van der Waals surface area (Å²) in [5.74, 6) is 0.972. The summed E-state index contributed by atoms with van der Waals surface area (Å²) in [6.07, 6.45) is 10.7. The Morgan fingerprint density at radius 2 is 0.314 bits per heavy atom. The van der Waals surface area contributed by atoms with Crippen molar-refractivity contribution in [3.63, 3.8) is 0 Å². The van der Waals surface area contributed by atoms with Crippen molar-refractivity contribution in [2.45, 2.75) is 55.5 Å². The van der Waals surface area contributed by atoms with Crippen molar-refractivity contribution < 1.29 is 24.3 Å². The van der Waals surface area contributed by atoms with Crippen LogP contribution in [0.25, 0.3) is 0 Å². The van der Waals surface area contributed by atoms with E-state index >= 15 is 0 Å². The van der Waals surface area contributed by atoms with Crippen molar-refractivity contribution in [1.29, 1.82) is 0 Å². The average molecular weight is 1080 g/mol. The second-order valence-corrected chi connectivity index (χ2v) is 23.9. The first kappa shape index (κ1) is 55.8. The van der Waals surface area contributed by atoms with Crippen LogP contribution in [0.2, 0.25) is 0 Å². The molecule has 0 saturated carbocycles. The molecular formula is C64H64ClOP3Ru. The molecule has 9 aromatic rings. The van der Waals surface area contributed by atoms with Crippen LogP contribution in [0.5, 0.6) is 0 Å². The molecule has 1 nitrogen and oxygen atoms in total. The van der Waals surface area contributed by atoms with Gasteiger partial charge in [0.1, 0.15) is 0 Å². The summed E-state index contributed by atoms with van der Waals surface area (Å²) in [7, 11) is -0.269. The summed E-state index contributed by atoms with van der Waals surface area (Å²) in [6, 6.07) is 98.1.